The van der Waals surface area contributed by atoms with Gasteiger partial charge in [0.15, 0.2) is 0 Å². The number of piperidine rings is 1. The molecule has 1 unspecified atom stereocenters. The van der Waals surface area contributed by atoms with Crippen molar-refractivity contribution in [1.29, 1.82) is 0 Å². The van der Waals surface area contributed by atoms with Crippen molar-refractivity contribution in [2.75, 3.05) is 13.1 Å². The van der Waals surface area contributed by atoms with Gasteiger partial charge in [0.1, 0.15) is 11.5 Å². The summed E-state index contributed by atoms with van der Waals surface area (Å²) in [6.07, 6.45) is 7.67. The van der Waals surface area contributed by atoms with Crippen LogP contribution in [-0.4, -0.2) is 38.8 Å². The van der Waals surface area contributed by atoms with Crippen molar-refractivity contribution in [2.24, 2.45) is 0 Å². The third-order valence-electron chi connectivity index (χ3n) is 6.05. The number of hydrogen-bond acceptors (Lipinski definition) is 3. The molecule has 2 aromatic heterocycles. The smallest absolute Gasteiger partial charge is 0.270 e. The lowest BCUT2D eigenvalue weighted by Gasteiger charge is -2.40. The fourth-order valence-corrected chi connectivity index (χ4v) is 4.55. The van der Waals surface area contributed by atoms with Gasteiger partial charge in [0.2, 0.25) is 0 Å². The van der Waals surface area contributed by atoms with Gasteiger partial charge in [-0.3, -0.25) is 9.59 Å². The number of H-pyrrole nitrogens is 2. The van der Waals surface area contributed by atoms with Crippen LogP contribution in [0, 0.1) is 0 Å². The Labute approximate surface area is 145 Å². The SMILES string of the molecule is O=C(c1ccc[nH]1)N1CCCC2(CCc3c2nc(C2CC2)[nH]c3=O)C1. The van der Waals surface area contributed by atoms with E-state index >= 15 is 0 Å². The van der Waals surface area contributed by atoms with Gasteiger partial charge in [0.25, 0.3) is 11.5 Å². The molecule has 0 radical (unpaired) electrons. The van der Waals surface area contributed by atoms with Gasteiger partial charge in [-0.05, 0) is 50.7 Å². The number of rotatable bonds is 2. The third kappa shape index (κ3) is 2.34. The number of hydrogen-bond donors (Lipinski definition) is 2. The van der Waals surface area contributed by atoms with Gasteiger partial charge in [0.05, 0.1) is 5.69 Å². The van der Waals surface area contributed by atoms with E-state index in [2.05, 4.69) is 9.97 Å². The van der Waals surface area contributed by atoms with Crippen LogP contribution in [0.4, 0.5) is 0 Å². The first-order valence-corrected chi connectivity index (χ1v) is 9.22. The Morgan fingerprint density at radius 3 is 2.96 bits per heavy atom. The van der Waals surface area contributed by atoms with Crippen LogP contribution in [0.1, 0.15) is 65.6 Å². The van der Waals surface area contributed by atoms with Gasteiger partial charge in [-0.15, -0.1) is 0 Å². The second-order valence-corrected chi connectivity index (χ2v) is 7.75. The van der Waals surface area contributed by atoms with E-state index in [1.807, 2.05) is 17.0 Å². The molecule has 1 atom stereocenters. The molecular formula is C19H22N4O2. The number of fused-ring (bicyclic) bond motifs is 2. The zero-order chi connectivity index (χ0) is 17.0. The lowest BCUT2D eigenvalue weighted by molar-refractivity contribution is 0.0628. The normalized spacial score (nSPS) is 25.4. The molecule has 2 aromatic rings. The molecule has 3 heterocycles. The zero-order valence-electron chi connectivity index (χ0n) is 14.2. The van der Waals surface area contributed by atoms with E-state index in [0.29, 0.717) is 18.2 Å². The molecule has 1 saturated carbocycles. The molecule has 1 aliphatic heterocycles. The minimum absolute atomic E-state index is 0.0385. The molecule has 6 heteroatoms. The highest BCUT2D eigenvalue weighted by Crippen LogP contribution is 2.45. The number of carbonyl (C=O) groups excluding carboxylic acids is 1. The molecule has 130 valence electrons. The first-order valence-electron chi connectivity index (χ1n) is 9.22. The zero-order valence-corrected chi connectivity index (χ0v) is 14.2. The maximum atomic E-state index is 12.8. The number of aromatic nitrogens is 3. The lowest BCUT2D eigenvalue weighted by atomic mass is 9.77. The molecule has 0 bridgehead atoms. The van der Waals surface area contributed by atoms with Gasteiger partial charge in [0, 0.05) is 36.2 Å². The molecule has 2 aliphatic carbocycles. The predicted molar refractivity (Wildman–Crippen MR) is 92.8 cm³/mol. The fourth-order valence-electron chi connectivity index (χ4n) is 4.55. The Kier molecular flexibility index (Phi) is 3.17. The molecule has 0 aromatic carbocycles. The van der Waals surface area contributed by atoms with Gasteiger partial charge in [-0.25, -0.2) is 4.98 Å². The third-order valence-corrected chi connectivity index (χ3v) is 6.05. The van der Waals surface area contributed by atoms with Crippen LogP contribution in [0.15, 0.2) is 23.1 Å². The number of nitrogens with zero attached hydrogens (tertiary/aromatic N) is 2. The summed E-state index contributed by atoms with van der Waals surface area (Å²) in [6.45, 7) is 1.44. The maximum absolute atomic E-state index is 12.8. The van der Waals surface area contributed by atoms with Crippen molar-refractivity contribution in [1.82, 2.24) is 19.9 Å². The quantitative estimate of drug-likeness (QED) is 0.880. The van der Waals surface area contributed by atoms with Crippen molar-refractivity contribution >= 4 is 5.91 Å². The highest BCUT2D eigenvalue weighted by molar-refractivity contribution is 5.92. The summed E-state index contributed by atoms with van der Waals surface area (Å²) < 4.78 is 0. The van der Waals surface area contributed by atoms with Gasteiger partial charge >= 0.3 is 0 Å². The fraction of sp³-hybridized carbons (Fsp3) is 0.526. The monoisotopic (exact) mass is 338 g/mol. The van der Waals surface area contributed by atoms with E-state index in [1.165, 1.54) is 0 Å². The summed E-state index contributed by atoms with van der Waals surface area (Å²) in [4.78, 5) is 38.1. The van der Waals surface area contributed by atoms with Crippen LogP contribution in [-0.2, 0) is 11.8 Å². The Bertz CT molecular complexity index is 881. The molecule has 1 spiro atoms. The predicted octanol–water partition coefficient (Wildman–Crippen LogP) is 2.10. The van der Waals surface area contributed by atoms with Crippen LogP contribution in [0.5, 0.6) is 0 Å². The molecule has 25 heavy (non-hydrogen) atoms. The minimum Gasteiger partial charge on any atom is -0.357 e. The van der Waals surface area contributed by atoms with E-state index in [0.717, 1.165) is 62.2 Å². The standard InChI is InChI=1S/C19H22N4O2/c24-17-13-6-8-19(15(13)21-16(22-17)12-4-5-12)7-2-10-23(11-19)18(25)14-3-1-9-20-14/h1,3,9,12,20H,2,4-8,10-11H2,(H,21,22,24). The summed E-state index contributed by atoms with van der Waals surface area (Å²) in [5, 5.41) is 0. The van der Waals surface area contributed by atoms with Gasteiger partial charge < -0.3 is 14.9 Å². The van der Waals surface area contributed by atoms with E-state index in [1.54, 1.807) is 6.20 Å². The second-order valence-electron chi connectivity index (χ2n) is 7.75. The largest absolute Gasteiger partial charge is 0.357 e. The topological polar surface area (TPSA) is 81.8 Å². The van der Waals surface area contributed by atoms with Crippen LogP contribution >= 0.6 is 0 Å². The van der Waals surface area contributed by atoms with Crippen LogP contribution in [0.3, 0.4) is 0 Å². The summed E-state index contributed by atoms with van der Waals surface area (Å²) in [5.74, 6) is 1.33. The van der Waals surface area contributed by atoms with Crippen LogP contribution in [0.2, 0.25) is 0 Å². The van der Waals surface area contributed by atoms with Crippen molar-refractivity contribution in [3.8, 4) is 0 Å². The van der Waals surface area contributed by atoms with E-state index < -0.39 is 0 Å². The summed E-state index contributed by atoms with van der Waals surface area (Å²) in [6, 6.07) is 3.67. The number of aromatic amines is 2. The number of nitrogens with one attached hydrogen (secondary N) is 2. The van der Waals surface area contributed by atoms with Gasteiger partial charge in [-0.1, -0.05) is 0 Å². The Hall–Kier alpha value is -2.37. The van der Waals surface area contributed by atoms with E-state index in [-0.39, 0.29) is 16.9 Å². The molecule has 1 amide bonds. The second kappa shape index (κ2) is 5.31. The maximum Gasteiger partial charge on any atom is 0.270 e. The molecule has 5 rings (SSSR count). The van der Waals surface area contributed by atoms with Crippen molar-refractivity contribution in [3.05, 3.63) is 51.5 Å². The molecule has 3 aliphatic rings. The highest BCUT2D eigenvalue weighted by atomic mass is 16.2. The average molecular weight is 338 g/mol. The Morgan fingerprint density at radius 2 is 2.20 bits per heavy atom. The van der Waals surface area contributed by atoms with Crippen LogP contribution in [0.25, 0.3) is 0 Å². The summed E-state index contributed by atoms with van der Waals surface area (Å²) in [5.41, 5.74) is 2.35. The first-order chi connectivity index (χ1) is 12.2. The Balaban J connectivity index is 1.51. The number of carbonyl (C=O) groups is 1. The molecule has 2 N–H and O–H groups in total. The first kappa shape index (κ1) is 14.9. The lowest BCUT2D eigenvalue weighted by Crippen LogP contribution is -2.48. The highest BCUT2D eigenvalue weighted by Gasteiger charge is 2.46. The Morgan fingerprint density at radius 1 is 1.32 bits per heavy atom. The number of likely N-dealkylation sites (tertiary alicyclic amines) is 1. The summed E-state index contributed by atoms with van der Waals surface area (Å²) in [7, 11) is 0. The molecule has 1 saturated heterocycles. The van der Waals surface area contributed by atoms with Crippen molar-refractivity contribution in [2.45, 2.75) is 49.9 Å². The summed E-state index contributed by atoms with van der Waals surface area (Å²) >= 11 is 0. The minimum atomic E-state index is -0.145. The number of amides is 1. The van der Waals surface area contributed by atoms with E-state index in [4.69, 9.17) is 4.98 Å². The molecule has 6 nitrogen and oxygen atoms in total. The molecule has 2 fully saturated rings. The molecular weight excluding hydrogens is 316 g/mol. The van der Waals surface area contributed by atoms with Crippen molar-refractivity contribution < 1.29 is 4.79 Å². The average Bonchev–Trinajstić information content (AvgIpc) is 3.22. The van der Waals surface area contributed by atoms with Crippen LogP contribution < -0.4 is 5.56 Å². The van der Waals surface area contributed by atoms with Crippen molar-refractivity contribution in [3.63, 3.8) is 0 Å². The van der Waals surface area contributed by atoms with Gasteiger partial charge in [-0.2, -0.15) is 0 Å². The van der Waals surface area contributed by atoms with E-state index in [9.17, 15) is 9.59 Å².